The summed E-state index contributed by atoms with van der Waals surface area (Å²) in [5, 5.41) is 5.80. The second kappa shape index (κ2) is 5.19. The van der Waals surface area contributed by atoms with Crippen LogP contribution in [0.4, 0.5) is 0 Å². The molecule has 0 saturated heterocycles. The van der Waals surface area contributed by atoms with Gasteiger partial charge in [-0.25, -0.2) is 9.67 Å². The number of ether oxygens (including phenoxy) is 1. The monoisotopic (exact) mass is 288 g/mol. The number of aromatic nitrogens is 4. The van der Waals surface area contributed by atoms with Crippen LogP contribution in [0.15, 0.2) is 30.6 Å². The third-order valence-corrected chi connectivity index (χ3v) is 3.19. The average Bonchev–Trinajstić information content (AvgIpc) is 2.82. The van der Waals surface area contributed by atoms with Crippen LogP contribution < -0.4 is 0 Å². The molecule has 3 heterocycles. The molecule has 20 heavy (non-hydrogen) atoms. The van der Waals surface area contributed by atoms with E-state index in [4.69, 9.17) is 16.3 Å². The summed E-state index contributed by atoms with van der Waals surface area (Å²) in [5.74, 6) is 0. The predicted octanol–water partition coefficient (Wildman–Crippen LogP) is 2.92. The van der Waals surface area contributed by atoms with Gasteiger partial charge in [0.05, 0.1) is 29.7 Å². The summed E-state index contributed by atoms with van der Waals surface area (Å²) in [6.45, 7) is 2.33. The van der Waals surface area contributed by atoms with Crippen LogP contribution in [0.25, 0.3) is 16.6 Å². The van der Waals surface area contributed by atoms with Crippen LogP contribution in [-0.2, 0) is 11.3 Å². The van der Waals surface area contributed by atoms with E-state index in [0.29, 0.717) is 11.8 Å². The van der Waals surface area contributed by atoms with E-state index < -0.39 is 0 Å². The third kappa shape index (κ3) is 2.26. The van der Waals surface area contributed by atoms with Gasteiger partial charge in [0.2, 0.25) is 0 Å². The Bertz CT molecular complexity index is 769. The lowest BCUT2D eigenvalue weighted by molar-refractivity contribution is 0.182. The van der Waals surface area contributed by atoms with Gasteiger partial charge in [-0.1, -0.05) is 11.6 Å². The van der Waals surface area contributed by atoms with E-state index >= 15 is 0 Å². The molecular formula is C14H13ClN4O. The number of hydrogen-bond donors (Lipinski definition) is 0. The summed E-state index contributed by atoms with van der Waals surface area (Å²) in [5.41, 5.74) is 3.54. The molecule has 0 fully saturated rings. The minimum Gasteiger partial charge on any atom is -0.378 e. The number of hydrogen-bond acceptors (Lipinski definition) is 4. The van der Waals surface area contributed by atoms with Crippen LogP contribution in [0.1, 0.15) is 11.4 Å². The summed E-state index contributed by atoms with van der Waals surface area (Å²) in [6.07, 6.45) is 3.54. The highest BCUT2D eigenvalue weighted by atomic mass is 35.5. The molecule has 0 aliphatic heterocycles. The number of aryl methyl sites for hydroxylation is 1. The average molecular weight is 289 g/mol. The predicted molar refractivity (Wildman–Crippen MR) is 77.1 cm³/mol. The van der Waals surface area contributed by atoms with Crippen molar-refractivity contribution in [2.45, 2.75) is 13.5 Å². The summed E-state index contributed by atoms with van der Waals surface area (Å²) in [7, 11) is 1.63. The van der Waals surface area contributed by atoms with Crippen molar-refractivity contribution < 1.29 is 4.74 Å². The fourth-order valence-corrected chi connectivity index (χ4v) is 2.41. The van der Waals surface area contributed by atoms with Crippen LogP contribution in [-0.4, -0.2) is 26.9 Å². The van der Waals surface area contributed by atoms with Gasteiger partial charge in [0.1, 0.15) is 5.15 Å². The maximum atomic E-state index is 6.03. The lowest BCUT2D eigenvalue weighted by Gasteiger charge is -2.08. The van der Waals surface area contributed by atoms with Gasteiger partial charge in [-0.15, -0.1) is 0 Å². The molecule has 0 bridgehead atoms. The second-order valence-corrected chi connectivity index (χ2v) is 4.86. The lowest BCUT2D eigenvalue weighted by atomic mass is 10.2. The molecule has 102 valence electrons. The largest absolute Gasteiger partial charge is 0.378 e. The molecule has 0 aliphatic rings. The third-order valence-electron chi connectivity index (χ3n) is 2.99. The van der Waals surface area contributed by atoms with Crippen molar-refractivity contribution in [2.24, 2.45) is 0 Å². The minimum atomic E-state index is 0.382. The van der Waals surface area contributed by atoms with Crippen LogP contribution in [0, 0.1) is 6.92 Å². The molecule has 0 N–H and O–H groups in total. The standard InChI is InChI=1S/C14H13ClN4O/c1-9-5-11(3-4-16-9)19-14-10(7-17-19)6-13(15)18-12(14)8-20-2/h3-7H,8H2,1-2H3. The van der Waals surface area contributed by atoms with E-state index in [1.165, 1.54) is 0 Å². The summed E-state index contributed by atoms with van der Waals surface area (Å²) < 4.78 is 7.04. The Balaban J connectivity index is 2.26. The number of pyridine rings is 2. The lowest BCUT2D eigenvalue weighted by Crippen LogP contribution is -2.02. The fourth-order valence-electron chi connectivity index (χ4n) is 2.19. The van der Waals surface area contributed by atoms with Crippen molar-refractivity contribution in [2.75, 3.05) is 7.11 Å². The van der Waals surface area contributed by atoms with E-state index in [1.54, 1.807) is 25.6 Å². The Morgan fingerprint density at radius 2 is 2.20 bits per heavy atom. The summed E-state index contributed by atoms with van der Waals surface area (Å²) in [6, 6.07) is 5.68. The molecule has 0 spiro atoms. The first-order chi connectivity index (χ1) is 9.69. The van der Waals surface area contributed by atoms with Crippen LogP contribution in [0.5, 0.6) is 0 Å². The van der Waals surface area contributed by atoms with E-state index in [2.05, 4.69) is 15.1 Å². The molecule has 3 rings (SSSR count). The highest BCUT2D eigenvalue weighted by molar-refractivity contribution is 6.30. The van der Waals surface area contributed by atoms with Gasteiger partial charge in [0.15, 0.2) is 0 Å². The Hall–Kier alpha value is -1.98. The SMILES string of the molecule is COCc1nc(Cl)cc2cnn(-c3ccnc(C)c3)c12. The van der Waals surface area contributed by atoms with Gasteiger partial charge in [0.25, 0.3) is 0 Å². The zero-order valence-electron chi connectivity index (χ0n) is 11.2. The number of halogens is 1. The maximum absolute atomic E-state index is 6.03. The zero-order valence-corrected chi connectivity index (χ0v) is 11.9. The fraction of sp³-hybridized carbons (Fsp3) is 0.214. The Kier molecular flexibility index (Phi) is 3.38. The Morgan fingerprint density at radius 1 is 1.35 bits per heavy atom. The first-order valence-electron chi connectivity index (χ1n) is 6.14. The molecule has 0 unspecified atom stereocenters. The van der Waals surface area contributed by atoms with Gasteiger partial charge in [-0.05, 0) is 25.1 Å². The quantitative estimate of drug-likeness (QED) is 0.695. The second-order valence-electron chi connectivity index (χ2n) is 4.47. The minimum absolute atomic E-state index is 0.382. The highest BCUT2D eigenvalue weighted by Gasteiger charge is 2.12. The van der Waals surface area contributed by atoms with Crippen LogP contribution >= 0.6 is 11.6 Å². The van der Waals surface area contributed by atoms with Gasteiger partial charge in [-0.2, -0.15) is 5.10 Å². The number of fused-ring (bicyclic) bond motifs is 1. The van der Waals surface area contributed by atoms with Crippen molar-refractivity contribution in [1.29, 1.82) is 0 Å². The number of rotatable bonds is 3. The van der Waals surface area contributed by atoms with E-state index in [9.17, 15) is 0 Å². The molecule has 0 aliphatic carbocycles. The van der Waals surface area contributed by atoms with Crippen molar-refractivity contribution in [1.82, 2.24) is 19.7 Å². The van der Waals surface area contributed by atoms with E-state index in [0.717, 1.165) is 28.0 Å². The maximum Gasteiger partial charge on any atom is 0.130 e. The van der Waals surface area contributed by atoms with E-state index in [-0.39, 0.29) is 0 Å². The molecular weight excluding hydrogens is 276 g/mol. The molecule has 0 aromatic carbocycles. The molecule has 5 nitrogen and oxygen atoms in total. The van der Waals surface area contributed by atoms with Gasteiger partial charge < -0.3 is 4.74 Å². The van der Waals surface area contributed by atoms with Gasteiger partial charge >= 0.3 is 0 Å². The van der Waals surface area contributed by atoms with Crippen molar-refractivity contribution in [3.05, 3.63) is 47.1 Å². The van der Waals surface area contributed by atoms with Crippen LogP contribution in [0.2, 0.25) is 5.15 Å². The Labute approximate surface area is 121 Å². The first-order valence-corrected chi connectivity index (χ1v) is 6.52. The van der Waals surface area contributed by atoms with Crippen molar-refractivity contribution in [3.8, 4) is 5.69 Å². The summed E-state index contributed by atoms with van der Waals surface area (Å²) in [4.78, 5) is 8.54. The Morgan fingerprint density at radius 3 is 2.95 bits per heavy atom. The zero-order chi connectivity index (χ0) is 14.1. The molecule has 0 radical (unpaired) electrons. The highest BCUT2D eigenvalue weighted by Crippen LogP contribution is 2.24. The molecule has 0 amide bonds. The molecule has 3 aromatic heterocycles. The van der Waals surface area contributed by atoms with E-state index in [1.807, 2.05) is 23.7 Å². The normalized spacial score (nSPS) is 11.2. The van der Waals surface area contributed by atoms with Gasteiger partial charge in [0, 0.05) is 24.4 Å². The molecule has 0 saturated carbocycles. The molecule has 0 atom stereocenters. The van der Waals surface area contributed by atoms with Gasteiger partial charge in [-0.3, -0.25) is 4.98 Å². The molecule has 3 aromatic rings. The smallest absolute Gasteiger partial charge is 0.130 e. The van der Waals surface area contributed by atoms with Crippen LogP contribution in [0.3, 0.4) is 0 Å². The number of nitrogens with zero attached hydrogens (tertiary/aromatic N) is 4. The number of methoxy groups -OCH3 is 1. The molecule has 6 heteroatoms. The topological polar surface area (TPSA) is 52.8 Å². The first kappa shape index (κ1) is 13.0. The van der Waals surface area contributed by atoms with Crippen molar-refractivity contribution in [3.63, 3.8) is 0 Å². The van der Waals surface area contributed by atoms with Crippen molar-refractivity contribution >= 4 is 22.5 Å². The summed E-state index contributed by atoms with van der Waals surface area (Å²) >= 11 is 6.03.